The van der Waals surface area contributed by atoms with Gasteiger partial charge in [0.1, 0.15) is 0 Å². The zero-order chi connectivity index (χ0) is 24.1. The zero-order valence-electron chi connectivity index (χ0n) is 19.2. The van der Waals surface area contributed by atoms with Crippen molar-refractivity contribution < 1.29 is 18.3 Å². The van der Waals surface area contributed by atoms with Crippen molar-refractivity contribution in [3.63, 3.8) is 0 Å². The zero-order valence-corrected chi connectivity index (χ0v) is 20.0. The molecule has 0 saturated heterocycles. The van der Waals surface area contributed by atoms with E-state index in [0.29, 0.717) is 29.3 Å². The molecule has 1 fully saturated rings. The maximum Gasteiger partial charge on any atom is 0.411 e. The van der Waals surface area contributed by atoms with Crippen molar-refractivity contribution in [2.75, 3.05) is 10.0 Å². The number of aromatic nitrogens is 2. The number of nitrogens with one attached hydrogen (secondary N) is 4. The summed E-state index contributed by atoms with van der Waals surface area (Å²) in [6, 6.07) is 12.1. The van der Waals surface area contributed by atoms with E-state index in [-0.39, 0.29) is 10.8 Å². The van der Waals surface area contributed by atoms with Gasteiger partial charge in [-0.25, -0.2) is 18.2 Å². The molecule has 2 aromatic carbocycles. The molecule has 4 rings (SSSR count). The van der Waals surface area contributed by atoms with E-state index in [0.717, 1.165) is 17.9 Å². The van der Waals surface area contributed by atoms with Crippen LogP contribution in [0.3, 0.4) is 0 Å². The third kappa shape index (κ3) is 6.06. The van der Waals surface area contributed by atoms with E-state index >= 15 is 0 Å². The number of H-pyrrole nitrogens is 1. The Kier molecular flexibility index (Phi) is 7.38. The SMILES string of the molecule is C[C@@H](CC1CCCCC1)NCc1ccccc1NS(=O)(=O)c1ccc2nc(NC(=O)O)[nH]c2c1. The molecule has 1 aliphatic carbocycles. The predicted molar refractivity (Wildman–Crippen MR) is 132 cm³/mol. The third-order valence-electron chi connectivity index (χ3n) is 6.30. The van der Waals surface area contributed by atoms with E-state index in [1.807, 2.05) is 12.1 Å². The van der Waals surface area contributed by atoms with Crippen LogP contribution in [0.2, 0.25) is 0 Å². The van der Waals surface area contributed by atoms with Gasteiger partial charge in [0.15, 0.2) is 0 Å². The quantitative estimate of drug-likeness (QED) is 0.292. The molecule has 5 N–H and O–H groups in total. The first kappa shape index (κ1) is 24.0. The van der Waals surface area contributed by atoms with Crippen molar-refractivity contribution >= 4 is 38.8 Å². The monoisotopic (exact) mass is 485 g/mol. The van der Waals surface area contributed by atoms with Crippen LogP contribution in [0.5, 0.6) is 0 Å². The van der Waals surface area contributed by atoms with E-state index in [4.69, 9.17) is 5.11 Å². The van der Waals surface area contributed by atoms with Crippen LogP contribution in [-0.2, 0) is 16.6 Å². The third-order valence-corrected chi connectivity index (χ3v) is 7.67. The Hall–Kier alpha value is -3.11. The Morgan fingerprint density at radius 1 is 1.18 bits per heavy atom. The molecule has 1 amide bonds. The number of nitrogens with zero attached hydrogens (tertiary/aromatic N) is 1. The number of rotatable bonds is 9. The summed E-state index contributed by atoms with van der Waals surface area (Å²) in [5.74, 6) is 0.803. The molecule has 0 spiro atoms. The fourth-order valence-electron chi connectivity index (χ4n) is 4.58. The van der Waals surface area contributed by atoms with Crippen molar-refractivity contribution in [2.45, 2.75) is 62.9 Å². The normalized spacial score (nSPS) is 15.8. The largest absolute Gasteiger partial charge is 0.465 e. The van der Waals surface area contributed by atoms with Gasteiger partial charge in [-0.3, -0.25) is 10.0 Å². The molecule has 182 valence electrons. The summed E-state index contributed by atoms with van der Waals surface area (Å²) in [6.45, 7) is 2.75. The minimum absolute atomic E-state index is 0.0313. The van der Waals surface area contributed by atoms with Crippen molar-refractivity contribution in [1.82, 2.24) is 15.3 Å². The Bertz CT molecular complexity index is 1250. The van der Waals surface area contributed by atoms with Gasteiger partial charge in [0.05, 0.1) is 21.6 Å². The summed E-state index contributed by atoms with van der Waals surface area (Å²) in [5.41, 5.74) is 2.27. The number of para-hydroxylation sites is 1. The van der Waals surface area contributed by atoms with Gasteiger partial charge in [-0.05, 0) is 49.1 Å². The number of hydrogen-bond donors (Lipinski definition) is 5. The summed E-state index contributed by atoms with van der Waals surface area (Å²) in [6.07, 6.45) is 6.48. The second kappa shape index (κ2) is 10.4. The molecule has 0 radical (unpaired) electrons. The molecule has 0 aliphatic heterocycles. The van der Waals surface area contributed by atoms with Gasteiger partial charge in [0.2, 0.25) is 5.95 Å². The molecule has 1 atom stereocenters. The predicted octanol–water partition coefficient (Wildman–Crippen LogP) is 4.90. The average molecular weight is 486 g/mol. The van der Waals surface area contributed by atoms with E-state index in [9.17, 15) is 13.2 Å². The Morgan fingerprint density at radius 2 is 1.94 bits per heavy atom. The highest BCUT2D eigenvalue weighted by atomic mass is 32.2. The highest BCUT2D eigenvalue weighted by Crippen LogP contribution is 2.28. The smallest absolute Gasteiger partial charge is 0.411 e. The number of fused-ring (bicyclic) bond motifs is 1. The maximum absolute atomic E-state index is 13.1. The minimum Gasteiger partial charge on any atom is -0.465 e. The van der Waals surface area contributed by atoms with Crippen LogP contribution in [0.4, 0.5) is 16.4 Å². The molecule has 10 heteroatoms. The molecule has 0 unspecified atom stereocenters. The molecule has 0 bridgehead atoms. The van der Waals surface area contributed by atoms with Gasteiger partial charge < -0.3 is 15.4 Å². The molecule has 1 saturated carbocycles. The Morgan fingerprint density at radius 3 is 2.71 bits per heavy atom. The average Bonchev–Trinajstić information content (AvgIpc) is 3.20. The first-order valence-corrected chi connectivity index (χ1v) is 13.1. The number of anilines is 2. The summed E-state index contributed by atoms with van der Waals surface area (Å²) < 4.78 is 28.9. The van der Waals surface area contributed by atoms with Gasteiger partial charge >= 0.3 is 6.09 Å². The number of hydrogen-bond acceptors (Lipinski definition) is 5. The van der Waals surface area contributed by atoms with Crippen molar-refractivity contribution in [3.8, 4) is 0 Å². The van der Waals surface area contributed by atoms with Crippen LogP contribution >= 0.6 is 0 Å². The first-order valence-electron chi connectivity index (χ1n) is 11.6. The van der Waals surface area contributed by atoms with E-state index in [2.05, 4.69) is 32.2 Å². The maximum atomic E-state index is 13.1. The minimum atomic E-state index is -3.86. The number of amides is 1. The van der Waals surface area contributed by atoms with Crippen molar-refractivity contribution in [2.24, 2.45) is 5.92 Å². The Labute approximate surface area is 199 Å². The van der Waals surface area contributed by atoms with Crippen LogP contribution in [0.1, 0.15) is 51.0 Å². The number of imidazole rings is 1. The molecular formula is C24H31N5O4S. The molecule has 1 aromatic heterocycles. The lowest BCUT2D eigenvalue weighted by Crippen LogP contribution is -2.29. The highest BCUT2D eigenvalue weighted by molar-refractivity contribution is 7.92. The molecule has 1 heterocycles. The number of carbonyl (C=O) groups is 1. The second-order valence-electron chi connectivity index (χ2n) is 8.98. The van der Waals surface area contributed by atoms with E-state index in [1.54, 1.807) is 12.1 Å². The lowest BCUT2D eigenvalue weighted by atomic mass is 9.85. The summed E-state index contributed by atoms with van der Waals surface area (Å²) in [7, 11) is -3.86. The van der Waals surface area contributed by atoms with Gasteiger partial charge in [-0.15, -0.1) is 0 Å². The van der Waals surface area contributed by atoms with Crippen molar-refractivity contribution in [1.29, 1.82) is 0 Å². The van der Waals surface area contributed by atoms with Gasteiger partial charge in [0.25, 0.3) is 10.0 Å². The number of sulfonamides is 1. The van der Waals surface area contributed by atoms with Gasteiger partial charge in [-0.2, -0.15) is 0 Å². The number of carboxylic acid groups (broad SMARTS) is 1. The van der Waals surface area contributed by atoms with Crippen LogP contribution in [0.15, 0.2) is 47.4 Å². The lowest BCUT2D eigenvalue weighted by Gasteiger charge is -2.25. The molecule has 9 nitrogen and oxygen atoms in total. The van der Waals surface area contributed by atoms with Crippen LogP contribution in [-0.4, -0.2) is 35.6 Å². The summed E-state index contributed by atoms with van der Waals surface area (Å²) >= 11 is 0. The van der Waals surface area contributed by atoms with Crippen LogP contribution < -0.4 is 15.4 Å². The number of benzene rings is 2. The Balaban J connectivity index is 1.45. The highest BCUT2D eigenvalue weighted by Gasteiger charge is 2.19. The number of aromatic amines is 1. The fourth-order valence-corrected chi connectivity index (χ4v) is 5.71. The fraction of sp³-hybridized carbons (Fsp3) is 0.417. The lowest BCUT2D eigenvalue weighted by molar-refractivity contribution is 0.209. The van der Waals surface area contributed by atoms with Gasteiger partial charge in [-0.1, -0.05) is 50.3 Å². The molecule has 34 heavy (non-hydrogen) atoms. The first-order chi connectivity index (χ1) is 16.3. The van der Waals surface area contributed by atoms with Crippen LogP contribution in [0.25, 0.3) is 11.0 Å². The van der Waals surface area contributed by atoms with E-state index < -0.39 is 16.1 Å². The summed E-state index contributed by atoms with van der Waals surface area (Å²) in [5, 5.41) is 14.5. The second-order valence-corrected chi connectivity index (χ2v) is 10.7. The van der Waals surface area contributed by atoms with Crippen LogP contribution in [0, 0.1) is 5.92 Å². The molecule has 1 aliphatic rings. The van der Waals surface area contributed by atoms with Crippen molar-refractivity contribution in [3.05, 3.63) is 48.0 Å². The topological polar surface area (TPSA) is 136 Å². The van der Waals surface area contributed by atoms with E-state index in [1.165, 1.54) is 50.3 Å². The molecular weight excluding hydrogens is 454 g/mol. The molecule has 3 aromatic rings. The van der Waals surface area contributed by atoms with Gasteiger partial charge in [0, 0.05) is 12.6 Å². The standard InChI is InChI=1S/C24H31N5O4S/c1-16(13-17-7-3-2-4-8-17)25-15-18-9-5-6-10-20(18)29-34(32,33)19-11-12-21-22(14-19)27-23(26-21)28-24(30)31/h5-6,9-12,14,16-17,25,29H,2-4,7-8,13,15H2,1H3,(H,30,31)(H2,26,27,28)/t16-/m0/s1. The summed E-state index contributed by atoms with van der Waals surface area (Å²) in [4.78, 5) is 17.7.